The van der Waals surface area contributed by atoms with Crippen molar-refractivity contribution < 1.29 is 4.74 Å². The van der Waals surface area contributed by atoms with Crippen molar-refractivity contribution in [2.45, 2.75) is 20.0 Å². The summed E-state index contributed by atoms with van der Waals surface area (Å²) in [6, 6.07) is 16.0. The number of aryl methyl sites for hydroxylation is 1. The Morgan fingerprint density at radius 2 is 1.93 bits per heavy atom. The van der Waals surface area contributed by atoms with Gasteiger partial charge in [0.25, 0.3) is 0 Å². The number of hydrogen-bond acceptors (Lipinski definition) is 6. The van der Waals surface area contributed by atoms with Gasteiger partial charge in [-0.25, -0.2) is 9.97 Å². The van der Waals surface area contributed by atoms with Crippen molar-refractivity contribution in [2.24, 2.45) is 5.73 Å². The highest BCUT2D eigenvalue weighted by molar-refractivity contribution is 5.81. The van der Waals surface area contributed by atoms with Crippen LogP contribution in [0.4, 0.5) is 11.6 Å². The van der Waals surface area contributed by atoms with E-state index in [1.807, 2.05) is 49.5 Å². The maximum absolute atomic E-state index is 6.00. The fraction of sp³-hybridized carbons (Fsp3) is 0.174. The number of anilines is 2. The zero-order valence-corrected chi connectivity index (χ0v) is 16.3. The summed E-state index contributed by atoms with van der Waals surface area (Å²) >= 11 is 0. The van der Waals surface area contributed by atoms with Gasteiger partial charge in [0.2, 0.25) is 5.95 Å². The molecule has 0 amide bonds. The van der Waals surface area contributed by atoms with Gasteiger partial charge in [-0.3, -0.25) is 4.98 Å². The van der Waals surface area contributed by atoms with Crippen molar-refractivity contribution in [1.82, 2.24) is 15.0 Å². The molecule has 2 heterocycles. The zero-order chi connectivity index (χ0) is 20.1. The summed E-state index contributed by atoms with van der Waals surface area (Å²) in [5, 5.41) is 4.25. The van der Waals surface area contributed by atoms with Crippen LogP contribution >= 0.6 is 0 Å². The Morgan fingerprint density at radius 3 is 2.76 bits per heavy atom. The molecular weight excluding hydrogens is 362 g/mol. The number of aromatic nitrogens is 3. The number of ether oxygens (including phenoxy) is 1. The maximum Gasteiger partial charge on any atom is 0.227 e. The summed E-state index contributed by atoms with van der Waals surface area (Å²) < 4.78 is 6.00. The number of hydrogen-bond donors (Lipinski definition) is 2. The van der Waals surface area contributed by atoms with Crippen molar-refractivity contribution in [3.8, 4) is 5.75 Å². The first-order valence-corrected chi connectivity index (χ1v) is 9.56. The smallest absolute Gasteiger partial charge is 0.227 e. The third-order valence-corrected chi connectivity index (χ3v) is 4.61. The Labute approximate surface area is 169 Å². The van der Waals surface area contributed by atoms with Crippen molar-refractivity contribution in [1.29, 1.82) is 0 Å². The molecular formula is C23H23N5O. The third kappa shape index (κ3) is 4.67. The van der Waals surface area contributed by atoms with Crippen LogP contribution in [0.5, 0.6) is 5.75 Å². The van der Waals surface area contributed by atoms with Crippen LogP contribution in [0, 0.1) is 6.92 Å². The predicted octanol–water partition coefficient (Wildman–Crippen LogP) is 4.16. The Hall–Kier alpha value is -3.51. The highest BCUT2D eigenvalue weighted by atomic mass is 16.5. The molecule has 0 atom stereocenters. The van der Waals surface area contributed by atoms with Crippen LogP contribution in [0.1, 0.15) is 16.7 Å². The summed E-state index contributed by atoms with van der Waals surface area (Å²) in [7, 11) is 0. The SMILES string of the molecule is Cc1cc2cnc(Nc3cccc(CCN)c3)nc2cc1OCc1cccnc1. The van der Waals surface area contributed by atoms with E-state index in [0.717, 1.165) is 39.9 Å². The summed E-state index contributed by atoms with van der Waals surface area (Å²) in [5.41, 5.74) is 10.7. The lowest BCUT2D eigenvalue weighted by Crippen LogP contribution is -2.03. The van der Waals surface area contributed by atoms with E-state index in [4.69, 9.17) is 10.5 Å². The highest BCUT2D eigenvalue weighted by Crippen LogP contribution is 2.26. The van der Waals surface area contributed by atoms with Gasteiger partial charge in [-0.2, -0.15) is 0 Å². The van der Waals surface area contributed by atoms with Crippen molar-refractivity contribution in [3.05, 3.63) is 83.8 Å². The Morgan fingerprint density at radius 1 is 1.03 bits per heavy atom. The Kier molecular flexibility index (Phi) is 5.63. The van der Waals surface area contributed by atoms with Gasteiger partial charge >= 0.3 is 0 Å². The molecule has 4 aromatic rings. The van der Waals surface area contributed by atoms with Gasteiger partial charge in [-0.1, -0.05) is 18.2 Å². The molecule has 4 rings (SSSR count). The van der Waals surface area contributed by atoms with Crippen LogP contribution < -0.4 is 15.8 Å². The largest absolute Gasteiger partial charge is 0.488 e. The van der Waals surface area contributed by atoms with E-state index < -0.39 is 0 Å². The number of pyridine rings is 1. The summed E-state index contributed by atoms with van der Waals surface area (Å²) in [6.07, 6.45) is 6.22. The second-order valence-corrected chi connectivity index (χ2v) is 6.88. The van der Waals surface area contributed by atoms with Gasteiger partial charge in [0.15, 0.2) is 0 Å². The molecule has 0 aliphatic carbocycles. The second kappa shape index (κ2) is 8.67. The van der Waals surface area contributed by atoms with Crippen LogP contribution in [-0.4, -0.2) is 21.5 Å². The molecule has 0 fully saturated rings. The summed E-state index contributed by atoms with van der Waals surface area (Å²) in [5.74, 6) is 1.35. The van der Waals surface area contributed by atoms with E-state index in [1.165, 1.54) is 5.56 Å². The van der Waals surface area contributed by atoms with Crippen LogP contribution in [0.15, 0.2) is 67.1 Å². The first kappa shape index (κ1) is 18.8. The van der Waals surface area contributed by atoms with Gasteiger partial charge in [0.1, 0.15) is 12.4 Å². The predicted molar refractivity (Wildman–Crippen MR) is 115 cm³/mol. The Bertz CT molecular complexity index is 1110. The molecule has 3 N–H and O–H groups in total. The average molecular weight is 385 g/mol. The molecule has 0 aliphatic rings. The molecule has 29 heavy (non-hydrogen) atoms. The quantitative estimate of drug-likeness (QED) is 0.497. The molecule has 6 heteroatoms. The lowest BCUT2D eigenvalue weighted by Gasteiger charge is -2.11. The third-order valence-electron chi connectivity index (χ3n) is 4.61. The van der Waals surface area contributed by atoms with E-state index in [2.05, 4.69) is 32.4 Å². The lowest BCUT2D eigenvalue weighted by atomic mass is 10.1. The van der Waals surface area contributed by atoms with Gasteiger partial charge in [-0.05, 0) is 55.3 Å². The minimum atomic E-state index is 0.463. The maximum atomic E-state index is 6.00. The monoisotopic (exact) mass is 385 g/mol. The number of fused-ring (bicyclic) bond motifs is 1. The molecule has 0 saturated heterocycles. The van der Waals surface area contributed by atoms with Crippen molar-refractivity contribution >= 4 is 22.5 Å². The molecule has 2 aromatic carbocycles. The lowest BCUT2D eigenvalue weighted by molar-refractivity contribution is 0.304. The van der Waals surface area contributed by atoms with E-state index in [0.29, 0.717) is 19.1 Å². The van der Waals surface area contributed by atoms with E-state index in [1.54, 1.807) is 12.4 Å². The molecule has 0 saturated carbocycles. The molecule has 0 aliphatic heterocycles. The number of nitrogens with one attached hydrogen (secondary N) is 1. The van der Waals surface area contributed by atoms with Crippen LogP contribution in [-0.2, 0) is 13.0 Å². The minimum Gasteiger partial charge on any atom is -0.488 e. The summed E-state index contributed by atoms with van der Waals surface area (Å²) in [6.45, 7) is 3.11. The van der Waals surface area contributed by atoms with Gasteiger partial charge in [0.05, 0.1) is 5.52 Å². The van der Waals surface area contributed by atoms with Crippen molar-refractivity contribution in [2.75, 3.05) is 11.9 Å². The molecule has 0 unspecified atom stereocenters. The standard InChI is InChI=1S/C23H23N5O/c1-16-10-19-14-26-23(27-20-6-2-4-17(11-20)7-8-24)28-21(19)12-22(16)29-15-18-5-3-9-25-13-18/h2-6,9-14H,7-8,15,24H2,1H3,(H,26,27,28). The van der Waals surface area contributed by atoms with Gasteiger partial charge < -0.3 is 15.8 Å². The first-order valence-electron chi connectivity index (χ1n) is 9.56. The molecule has 2 aromatic heterocycles. The molecule has 0 bridgehead atoms. The molecule has 0 radical (unpaired) electrons. The number of nitrogens with zero attached hydrogens (tertiary/aromatic N) is 3. The van der Waals surface area contributed by atoms with E-state index in [-0.39, 0.29) is 0 Å². The second-order valence-electron chi connectivity index (χ2n) is 6.88. The van der Waals surface area contributed by atoms with Gasteiger partial charge in [0, 0.05) is 41.3 Å². The number of benzene rings is 2. The summed E-state index contributed by atoms with van der Waals surface area (Å²) in [4.78, 5) is 13.2. The van der Waals surface area contributed by atoms with Gasteiger partial charge in [-0.15, -0.1) is 0 Å². The van der Waals surface area contributed by atoms with Crippen molar-refractivity contribution in [3.63, 3.8) is 0 Å². The number of nitrogens with two attached hydrogens (primary N) is 1. The van der Waals surface area contributed by atoms with E-state index in [9.17, 15) is 0 Å². The average Bonchev–Trinajstić information content (AvgIpc) is 2.74. The fourth-order valence-electron chi connectivity index (χ4n) is 3.13. The van der Waals surface area contributed by atoms with Crippen LogP contribution in [0.25, 0.3) is 10.9 Å². The van der Waals surface area contributed by atoms with Crippen LogP contribution in [0.2, 0.25) is 0 Å². The minimum absolute atomic E-state index is 0.463. The zero-order valence-electron chi connectivity index (χ0n) is 16.3. The Balaban J connectivity index is 1.56. The topological polar surface area (TPSA) is 86.0 Å². The highest BCUT2D eigenvalue weighted by Gasteiger charge is 2.07. The van der Waals surface area contributed by atoms with Crippen LogP contribution in [0.3, 0.4) is 0 Å². The number of rotatable bonds is 7. The fourth-order valence-corrected chi connectivity index (χ4v) is 3.13. The molecule has 6 nitrogen and oxygen atoms in total. The van der Waals surface area contributed by atoms with E-state index >= 15 is 0 Å². The normalized spacial score (nSPS) is 10.8. The molecule has 146 valence electrons. The first-order chi connectivity index (χ1) is 14.2. The molecule has 0 spiro atoms.